The minimum atomic E-state index is -0.0554. The summed E-state index contributed by atoms with van der Waals surface area (Å²) in [6.45, 7) is 2.27. The molecule has 2 N–H and O–H groups in total. The van der Waals surface area contributed by atoms with Crippen molar-refractivity contribution in [1.82, 2.24) is 5.32 Å². The van der Waals surface area contributed by atoms with Crippen molar-refractivity contribution in [3.05, 3.63) is 83.9 Å². The highest BCUT2D eigenvalue weighted by Crippen LogP contribution is 2.28. The van der Waals surface area contributed by atoms with Gasteiger partial charge in [0.1, 0.15) is 0 Å². The van der Waals surface area contributed by atoms with Crippen LogP contribution in [0.3, 0.4) is 0 Å². The molecule has 0 saturated heterocycles. The van der Waals surface area contributed by atoms with E-state index >= 15 is 0 Å². The maximum atomic E-state index is 9.82. The summed E-state index contributed by atoms with van der Waals surface area (Å²) in [5.74, 6) is 0. The molecule has 0 aromatic heterocycles. The molecule has 2 nitrogen and oxygen atoms in total. The molecule has 0 spiro atoms. The number of aliphatic hydroxyl groups excluding tert-OH is 1. The van der Waals surface area contributed by atoms with E-state index in [2.05, 4.69) is 66.8 Å². The Morgan fingerprint density at radius 3 is 2.26 bits per heavy atom. The summed E-state index contributed by atoms with van der Waals surface area (Å²) in [5.41, 5.74) is 2.41. The maximum Gasteiger partial charge on any atom is 0.0626 e. The van der Waals surface area contributed by atoms with Gasteiger partial charge >= 0.3 is 0 Å². The van der Waals surface area contributed by atoms with Gasteiger partial charge in [0.15, 0.2) is 0 Å². The number of rotatable bonds is 6. The van der Waals surface area contributed by atoms with Gasteiger partial charge in [-0.15, -0.1) is 0 Å². The predicted octanol–water partition coefficient (Wildman–Crippen LogP) is 4.61. The van der Waals surface area contributed by atoms with Crippen molar-refractivity contribution < 1.29 is 5.11 Å². The van der Waals surface area contributed by atoms with E-state index in [1.54, 1.807) is 0 Å². The minimum Gasteiger partial charge on any atom is -0.394 e. The van der Waals surface area contributed by atoms with Gasteiger partial charge in [-0.05, 0) is 28.3 Å². The highest BCUT2D eigenvalue weighted by Gasteiger charge is 2.18. The monoisotopic (exact) mass is 305 g/mol. The van der Waals surface area contributed by atoms with Crippen molar-refractivity contribution >= 4 is 10.8 Å². The normalized spacial score (nSPS) is 13.8. The van der Waals surface area contributed by atoms with Crippen LogP contribution in [0.5, 0.6) is 0 Å². The van der Waals surface area contributed by atoms with Crippen LogP contribution in [-0.2, 0) is 0 Å². The Hall–Kier alpha value is -2.16. The second-order valence-corrected chi connectivity index (χ2v) is 5.84. The van der Waals surface area contributed by atoms with Gasteiger partial charge in [0.2, 0.25) is 0 Å². The summed E-state index contributed by atoms with van der Waals surface area (Å²) in [4.78, 5) is 0. The van der Waals surface area contributed by atoms with Crippen LogP contribution in [-0.4, -0.2) is 11.7 Å². The first kappa shape index (κ1) is 15.7. The molecule has 0 heterocycles. The second-order valence-electron chi connectivity index (χ2n) is 5.84. The molecule has 0 saturated carbocycles. The smallest absolute Gasteiger partial charge is 0.0626 e. The molecule has 2 atom stereocenters. The lowest BCUT2D eigenvalue weighted by molar-refractivity contribution is 0.232. The van der Waals surface area contributed by atoms with E-state index in [1.807, 2.05) is 18.2 Å². The van der Waals surface area contributed by atoms with Crippen LogP contribution < -0.4 is 5.32 Å². The zero-order valence-corrected chi connectivity index (χ0v) is 13.4. The van der Waals surface area contributed by atoms with E-state index < -0.39 is 0 Å². The van der Waals surface area contributed by atoms with Gasteiger partial charge in [0, 0.05) is 6.04 Å². The van der Waals surface area contributed by atoms with Crippen molar-refractivity contribution in [3.8, 4) is 0 Å². The van der Waals surface area contributed by atoms with E-state index in [9.17, 15) is 5.11 Å². The average molecular weight is 305 g/mol. The van der Waals surface area contributed by atoms with Gasteiger partial charge in [-0.2, -0.15) is 0 Å². The third-order valence-corrected chi connectivity index (χ3v) is 4.39. The average Bonchev–Trinajstić information content (AvgIpc) is 2.63. The number of aliphatic hydroxyl groups is 1. The molecule has 23 heavy (non-hydrogen) atoms. The Balaban J connectivity index is 1.92. The zero-order chi connectivity index (χ0) is 16.1. The molecule has 3 rings (SSSR count). The maximum absolute atomic E-state index is 9.82. The lowest BCUT2D eigenvalue weighted by Gasteiger charge is -2.25. The van der Waals surface area contributed by atoms with Crippen molar-refractivity contribution in [1.29, 1.82) is 0 Å². The summed E-state index contributed by atoms with van der Waals surface area (Å²) >= 11 is 0. The minimum absolute atomic E-state index is 0.0554. The van der Waals surface area contributed by atoms with E-state index in [-0.39, 0.29) is 18.7 Å². The first-order valence-corrected chi connectivity index (χ1v) is 8.23. The van der Waals surface area contributed by atoms with Gasteiger partial charge in [0.05, 0.1) is 12.6 Å². The molecule has 0 unspecified atom stereocenters. The van der Waals surface area contributed by atoms with E-state index in [4.69, 9.17) is 0 Å². The summed E-state index contributed by atoms with van der Waals surface area (Å²) in [6.07, 6.45) is 0.970. The Kier molecular flexibility index (Phi) is 5.06. The Labute approximate surface area is 137 Å². The van der Waals surface area contributed by atoms with Crippen LogP contribution in [0.1, 0.15) is 36.6 Å². The number of benzene rings is 3. The van der Waals surface area contributed by atoms with Crippen LogP contribution in [0.15, 0.2) is 72.8 Å². The molecule has 0 bridgehead atoms. The highest BCUT2D eigenvalue weighted by atomic mass is 16.3. The molecular formula is C21H23NO. The quantitative estimate of drug-likeness (QED) is 0.697. The summed E-state index contributed by atoms with van der Waals surface area (Å²) in [6, 6.07) is 25.2. The molecule has 118 valence electrons. The molecular weight excluding hydrogens is 282 g/mol. The highest BCUT2D eigenvalue weighted by molar-refractivity contribution is 5.86. The van der Waals surface area contributed by atoms with E-state index in [0.29, 0.717) is 0 Å². The number of nitrogens with one attached hydrogen (secondary N) is 1. The summed E-state index contributed by atoms with van der Waals surface area (Å²) in [5, 5.41) is 16.0. The standard InChI is InChI=1S/C21H23NO/c1-2-20(22-21(15-23)17-10-4-3-5-11-17)19-14-8-12-16-9-6-7-13-18(16)19/h3-14,20-23H,2,15H2,1H3/t20-,21+/m1/s1. The van der Waals surface area contributed by atoms with E-state index in [1.165, 1.54) is 16.3 Å². The molecule has 0 radical (unpaired) electrons. The van der Waals surface area contributed by atoms with Crippen LogP contribution in [0, 0.1) is 0 Å². The third kappa shape index (κ3) is 3.44. The zero-order valence-electron chi connectivity index (χ0n) is 13.4. The first-order valence-electron chi connectivity index (χ1n) is 8.23. The molecule has 0 amide bonds. The molecule has 0 aliphatic rings. The molecule has 2 heteroatoms. The van der Waals surface area contributed by atoms with Crippen molar-refractivity contribution in [3.63, 3.8) is 0 Å². The molecule has 0 fully saturated rings. The Morgan fingerprint density at radius 1 is 0.826 bits per heavy atom. The Morgan fingerprint density at radius 2 is 1.52 bits per heavy atom. The van der Waals surface area contributed by atoms with Crippen LogP contribution in [0.25, 0.3) is 10.8 Å². The lowest BCUT2D eigenvalue weighted by atomic mass is 9.95. The van der Waals surface area contributed by atoms with Gasteiger partial charge in [0.25, 0.3) is 0 Å². The first-order chi connectivity index (χ1) is 11.3. The molecule has 0 aliphatic heterocycles. The second kappa shape index (κ2) is 7.40. The van der Waals surface area contributed by atoms with Gasteiger partial charge in [-0.1, -0.05) is 79.7 Å². The number of hydrogen-bond donors (Lipinski definition) is 2. The molecule has 0 aliphatic carbocycles. The lowest BCUT2D eigenvalue weighted by Crippen LogP contribution is -2.28. The molecule has 3 aromatic carbocycles. The van der Waals surface area contributed by atoms with Crippen LogP contribution >= 0.6 is 0 Å². The fourth-order valence-corrected chi connectivity index (χ4v) is 3.16. The fourth-order valence-electron chi connectivity index (χ4n) is 3.16. The topological polar surface area (TPSA) is 32.3 Å². The van der Waals surface area contributed by atoms with Crippen LogP contribution in [0.4, 0.5) is 0 Å². The van der Waals surface area contributed by atoms with Crippen molar-refractivity contribution in [2.75, 3.05) is 6.61 Å². The number of fused-ring (bicyclic) bond motifs is 1. The third-order valence-electron chi connectivity index (χ3n) is 4.39. The SMILES string of the molecule is CC[C@@H](N[C@@H](CO)c1ccccc1)c1cccc2ccccc12. The van der Waals surface area contributed by atoms with Crippen molar-refractivity contribution in [2.45, 2.75) is 25.4 Å². The summed E-state index contributed by atoms with van der Waals surface area (Å²) in [7, 11) is 0. The van der Waals surface area contributed by atoms with Crippen molar-refractivity contribution in [2.24, 2.45) is 0 Å². The summed E-state index contributed by atoms with van der Waals surface area (Å²) < 4.78 is 0. The van der Waals surface area contributed by atoms with Gasteiger partial charge < -0.3 is 10.4 Å². The van der Waals surface area contributed by atoms with Gasteiger partial charge in [-0.25, -0.2) is 0 Å². The van der Waals surface area contributed by atoms with Crippen LogP contribution in [0.2, 0.25) is 0 Å². The number of hydrogen-bond acceptors (Lipinski definition) is 2. The molecule has 3 aromatic rings. The predicted molar refractivity (Wildman–Crippen MR) is 96.4 cm³/mol. The fraction of sp³-hybridized carbons (Fsp3) is 0.238. The van der Waals surface area contributed by atoms with E-state index in [0.717, 1.165) is 12.0 Å². The Bertz CT molecular complexity index is 749. The van der Waals surface area contributed by atoms with Gasteiger partial charge in [-0.3, -0.25) is 0 Å². The largest absolute Gasteiger partial charge is 0.394 e.